The highest BCUT2D eigenvalue weighted by atomic mass is 16.5. The van der Waals surface area contributed by atoms with Gasteiger partial charge in [-0.2, -0.15) is 0 Å². The minimum atomic E-state index is -1.07. The summed E-state index contributed by atoms with van der Waals surface area (Å²) < 4.78 is 17.9. The van der Waals surface area contributed by atoms with Crippen molar-refractivity contribution in [1.29, 1.82) is 0 Å². The molecule has 1 fully saturated rings. The predicted octanol–water partition coefficient (Wildman–Crippen LogP) is 5.24. The number of nitrogens with zero attached hydrogens (tertiary/aromatic N) is 2. The second-order valence-corrected chi connectivity index (χ2v) is 9.97. The summed E-state index contributed by atoms with van der Waals surface area (Å²) in [5.41, 5.74) is 3.82. The van der Waals surface area contributed by atoms with Crippen molar-refractivity contribution in [1.82, 2.24) is 9.88 Å². The van der Waals surface area contributed by atoms with Crippen LogP contribution in [0, 0.1) is 0 Å². The van der Waals surface area contributed by atoms with Gasteiger partial charge in [-0.15, -0.1) is 0 Å². The molecule has 0 radical (unpaired) electrons. The van der Waals surface area contributed by atoms with E-state index in [1.54, 1.807) is 6.20 Å². The summed E-state index contributed by atoms with van der Waals surface area (Å²) in [6, 6.07) is 27.5. The summed E-state index contributed by atoms with van der Waals surface area (Å²) in [5.74, 6) is 0.347. The molecule has 0 aliphatic carbocycles. The fraction of sp³-hybridized carbons (Fsp3) is 0.312. The Morgan fingerprint density at radius 1 is 0.900 bits per heavy atom. The number of likely N-dealkylation sites (tertiary alicyclic amines) is 1. The van der Waals surface area contributed by atoms with Gasteiger partial charge in [0.15, 0.2) is 0 Å². The Morgan fingerprint density at radius 3 is 2.52 bits per heavy atom. The van der Waals surface area contributed by atoms with Crippen molar-refractivity contribution in [3.63, 3.8) is 0 Å². The average molecular weight is 543 g/mol. The SMILES string of the molecule is O=C(O)N1CC(O)C(c2ccc(OCCCOCc3ccccc3)cc2)C(OCc2ccc3cccnc3c2)C1. The molecule has 1 saturated heterocycles. The van der Waals surface area contributed by atoms with E-state index in [0.29, 0.717) is 19.8 Å². The number of aliphatic hydroxyl groups is 1. The van der Waals surface area contributed by atoms with Gasteiger partial charge in [-0.3, -0.25) is 4.98 Å². The molecule has 0 saturated carbocycles. The van der Waals surface area contributed by atoms with Crippen molar-refractivity contribution in [3.8, 4) is 5.75 Å². The molecule has 2 N–H and O–H groups in total. The Morgan fingerprint density at radius 2 is 1.73 bits per heavy atom. The minimum Gasteiger partial charge on any atom is -0.494 e. The highest BCUT2D eigenvalue weighted by molar-refractivity contribution is 5.78. The van der Waals surface area contributed by atoms with Crippen LogP contribution in [0.25, 0.3) is 10.9 Å². The molecule has 5 rings (SSSR count). The summed E-state index contributed by atoms with van der Waals surface area (Å²) in [6.45, 7) is 2.19. The molecule has 8 heteroatoms. The van der Waals surface area contributed by atoms with Gasteiger partial charge in [-0.1, -0.05) is 60.7 Å². The number of hydrogen-bond donors (Lipinski definition) is 2. The van der Waals surface area contributed by atoms with Crippen molar-refractivity contribution in [3.05, 3.63) is 108 Å². The van der Waals surface area contributed by atoms with E-state index in [1.165, 1.54) is 4.90 Å². The summed E-state index contributed by atoms with van der Waals surface area (Å²) in [5, 5.41) is 21.6. The third-order valence-electron chi connectivity index (χ3n) is 7.11. The third kappa shape index (κ3) is 7.15. The molecule has 1 amide bonds. The van der Waals surface area contributed by atoms with E-state index in [0.717, 1.165) is 39.8 Å². The van der Waals surface area contributed by atoms with Crippen molar-refractivity contribution in [2.45, 2.75) is 37.8 Å². The maximum atomic E-state index is 11.7. The Hall–Kier alpha value is -3.98. The van der Waals surface area contributed by atoms with Gasteiger partial charge >= 0.3 is 6.09 Å². The van der Waals surface area contributed by atoms with E-state index in [2.05, 4.69) is 4.98 Å². The smallest absolute Gasteiger partial charge is 0.407 e. The summed E-state index contributed by atoms with van der Waals surface area (Å²) in [6.07, 6.45) is 0.0199. The quantitative estimate of drug-likeness (QED) is 0.250. The van der Waals surface area contributed by atoms with Crippen molar-refractivity contribution < 1.29 is 29.2 Å². The fourth-order valence-corrected chi connectivity index (χ4v) is 5.05. The topological polar surface area (TPSA) is 101 Å². The third-order valence-corrected chi connectivity index (χ3v) is 7.11. The minimum absolute atomic E-state index is 0.0288. The van der Waals surface area contributed by atoms with Crippen LogP contribution in [0.1, 0.15) is 29.0 Å². The van der Waals surface area contributed by atoms with Crippen LogP contribution in [0.4, 0.5) is 4.79 Å². The highest BCUT2D eigenvalue weighted by Crippen LogP contribution is 2.33. The lowest BCUT2D eigenvalue weighted by molar-refractivity contribution is -0.0660. The van der Waals surface area contributed by atoms with Crippen LogP contribution in [0.3, 0.4) is 0 Å². The van der Waals surface area contributed by atoms with Gasteiger partial charge in [0.05, 0.1) is 57.2 Å². The van der Waals surface area contributed by atoms with Crippen LogP contribution in [0.2, 0.25) is 0 Å². The van der Waals surface area contributed by atoms with Gasteiger partial charge in [0.2, 0.25) is 0 Å². The van der Waals surface area contributed by atoms with Crippen LogP contribution in [-0.2, 0) is 22.7 Å². The Bertz CT molecular complexity index is 1380. The largest absolute Gasteiger partial charge is 0.494 e. The second-order valence-electron chi connectivity index (χ2n) is 9.97. The number of benzene rings is 3. The van der Waals surface area contributed by atoms with Gasteiger partial charge in [0, 0.05) is 23.9 Å². The van der Waals surface area contributed by atoms with E-state index in [-0.39, 0.29) is 25.6 Å². The maximum absolute atomic E-state index is 11.7. The van der Waals surface area contributed by atoms with E-state index >= 15 is 0 Å². The number of fused-ring (bicyclic) bond motifs is 1. The number of rotatable bonds is 11. The van der Waals surface area contributed by atoms with E-state index in [1.807, 2.05) is 84.9 Å². The first kappa shape index (κ1) is 27.6. The molecule has 1 aliphatic rings. The number of amides is 1. The molecule has 0 bridgehead atoms. The molecular weight excluding hydrogens is 508 g/mol. The number of pyridine rings is 1. The lowest BCUT2D eigenvalue weighted by Gasteiger charge is -2.40. The van der Waals surface area contributed by atoms with Crippen LogP contribution in [-0.4, -0.2) is 64.7 Å². The number of β-amino-alcohol motifs (C(OH)–C–C–N with tert-alkyl or cyclic N) is 1. The number of hydrogen-bond acceptors (Lipinski definition) is 6. The Labute approximate surface area is 233 Å². The lowest BCUT2D eigenvalue weighted by atomic mass is 9.84. The molecule has 3 atom stereocenters. The highest BCUT2D eigenvalue weighted by Gasteiger charge is 2.39. The average Bonchev–Trinajstić information content (AvgIpc) is 2.98. The lowest BCUT2D eigenvalue weighted by Crippen LogP contribution is -2.53. The van der Waals surface area contributed by atoms with E-state index < -0.39 is 18.3 Å². The molecule has 208 valence electrons. The molecule has 1 aromatic heterocycles. The van der Waals surface area contributed by atoms with E-state index in [9.17, 15) is 15.0 Å². The predicted molar refractivity (Wildman–Crippen MR) is 151 cm³/mol. The summed E-state index contributed by atoms with van der Waals surface area (Å²) in [4.78, 5) is 17.3. The van der Waals surface area contributed by atoms with Crippen molar-refractivity contribution >= 4 is 17.0 Å². The Kier molecular flexibility index (Phi) is 9.23. The second kappa shape index (κ2) is 13.4. The van der Waals surface area contributed by atoms with Gasteiger partial charge < -0.3 is 29.3 Å². The van der Waals surface area contributed by atoms with Gasteiger partial charge in [0.1, 0.15) is 5.75 Å². The summed E-state index contributed by atoms with van der Waals surface area (Å²) >= 11 is 0. The number of aliphatic hydroxyl groups excluding tert-OH is 1. The molecule has 40 heavy (non-hydrogen) atoms. The standard InChI is InChI=1S/C32H34N2O6/c35-29-19-34(32(36)37)20-30(40-22-24-9-10-25-8-4-15-33-28(25)18-24)31(29)26-11-13-27(14-12-26)39-17-5-16-38-21-23-6-2-1-3-7-23/h1-4,6-15,18,29-31,35H,5,16-17,19-22H2,(H,36,37). The first-order valence-corrected chi connectivity index (χ1v) is 13.5. The molecule has 0 spiro atoms. The maximum Gasteiger partial charge on any atom is 0.407 e. The Balaban J connectivity index is 1.17. The van der Waals surface area contributed by atoms with E-state index in [4.69, 9.17) is 14.2 Å². The molecule has 2 heterocycles. The first-order valence-electron chi connectivity index (χ1n) is 13.5. The van der Waals surface area contributed by atoms with Gasteiger partial charge in [-0.05, 0) is 41.0 Å². The monoisotopic (exact) mass is 542 g/mol. The number of aromatic nitrogens is 1. The zero-order valence-corrected chi connectivity index (χ0v) is 22.3. The number of carboxylic acid groups (broad SMARTS) is 1. The normalized spacial score (nSPS) is 19.0. The first-order chi connectivity index (χ1) is 19.6. The molecule has 1 aliphatic heterocycles. The number of carbonyl (C=O) groups is 1. The van der Waals surface area contributed by atoms with Crippen LogP contribution in [0.15, 0.2) is 91.1 Å². The molecule has 3 aromatic carbocycles. The van der Waals surface area contributed by atoms with Crippen LogP contribution >= 0.6 is 0 Å². The van der Waals surface area contributed by atoms with Crippen molar-refractivity contribution in [2.75, 3.05) is 26.3 Å². The fourth-order valence-electron chi connectivity index (χ4n) is 5.05. The van der Waals surface area contributed by atoms with Crippen LogP contribution < -0.4 is 4.74 Å². The van der Waals surface area contributed by atoms with Gasteiger partial charge in [0.25, 0.3) is 0 Å². The number of ether oxygens (including phenoxy) is 3. The summed E-state index contributed by atoms with van der Waals surface area (Å²) in [7, 11) is 0. The molecule has 4 aromatic rings. The molecule has 3 unspecified atom stereocenters. The zero-order chi connectivity index (χ0) is 27.7. The van der Waals surface area contributed by atoms with Crippen LogP contribution in [0.5, 0.6) is 5.75 Å². The molecular formula is C32H34N2O6. The number of piperidine rings is 1. The van der Waals surface area contributed by atoms with Crippen molar-refractivity contribution in [2.24, 2.45) is 0 Å². The van der Waals surface area contributed by atoms with Gasteiger partial charge in [-0.25, -0.2) is 4.79 Å². The molecule has 8 nitrogen and oxygen atoms in total. The zero-order valence-electron chi connectivity index (χ0n) is 22.3.